The maximum atomic E-state index is 9.62. The zero-order chi connectivity index (χ0) is 13.6. The highest BCUT2D eigenvalue weighted by atomic mass is 32.2. The van der Waals surface area contributed by atoms with E-state index in [0.29, 0.717) is 0 Å². The van der Waals surface area contributed by atoms with E-state index in [0.717, 1.165) is 38.4 Å². The Kier molecular flexibility index (Phi) is 5.97. The lowest BCUT2D eigenvalue weighted by Crippen LogP contribution is -2.60. The van der Waals surface area contributed by atoms with Crippen LogP contribution in [0, 0.1) is 16.7 Å². The van der Waals surface area contributed by atoms with Crippen molar-refractivity contribution in [3.63, 3.8) is 0 Å². The van der Waals surface area contributed by atoms with Crippen LogP contribution in [0.15, 0.2) is 0 Å². The van der Waals surface area contributed by atoms with Crippen molar-refractivity contribution in [3.8, 4) is 6.07 Å². The molecule has 0 aromatic heterocycles. The SMILES string of the molecule is CCN(CC)CCNC1(C#N)CSCCC1(C)C. The van der Waals surface area contributed by atoms with Gasteiger partial charge in [-0.05, 0) is 30.7 Å². The standard InChI is InChI=1S/C14H27N3S/c1-5-17(6-2)9-8-16-14(11-15)12-18-10-7-13(14,3)4/h16H,5-10,12H2,1-4H3. The molecule has 1 aliphatic heterocycles. The summed E-state index contributed by atoms with van der Waals surface area (Å²) >= 11 is 1.90. The largest absolute Gasteiger partial charge is 0.303 e. The van der Waals surface area contributed by atoms with Crippen LogP contribution in [-0.2, 0) is 0 Å². The minimum Gasteiger partial charge on any atom is -0.303 e. The smallest absolute Gasteiger partial charge is 0.121 e. The number of nitrogens with one attached hydrogen (secondary N) is 1. The van der Waals surface area contributed by atoms with Crippen LogP contribution in [0.5, 0.6) is 0 Å². The number of thioether (sulfide) groups is 1. The van der Waals surface area contributed by atoms with Gasteiger partial charge in [0.05, 0.1) is 6.07 Å². The fourth-order valence-corrected chi connectivity index (χ4v) is 4.10. The number of likely N-dealkylation sites (N-methyl/N-ethyl adjacent to an activating group) is 1. The molecule has 18 heavy (non-hydrogen) atoms. The summed E-state index contributed by atoms with van der Waals surface area (Å²) in [4.78, 5) is 2.39. The van der Waals surface area contributed by atoms with E-state index in [1.54, 1.807) is 0 Å². The summed E-state index contributed by atoms with van der Waals surface area (Å²) in [5.74, 6) is 2.09. The van der Waals surface area contributed by atoms with Gasteiger partial charge in [-0.25, -0.2) is 0 Å². The Labute approximate surface area is 116 Å². The molecule has 1 unspecified atom stereocenters. The molecule has 0 aliphatic carbocycles. The number of rotatable bonds is 6. The monoisotopic (exact) mass is 269 g/mol. The number of nitrogens with zero attached hydrogens (tertiary/aromatic N) is 2. The minimum absolute atomic E-state index is 0.0657. The van der Waals surface area contributed by atoms with Gasteiger partial charge in [0.15, 0.2) is 0 Å². The molecule has 1 fully saturated rings. The van der Waals surface area contributed by atoms with Crippen LogP contribution in [0.2, 0.25) is 0 Å². The van der Waals surface area contributed by atoms with Crippen LogP contribution < -0.4 is 5.32 Å². The van der Waals surface area contributed by atoms with Gasteiger partial charge in [0.25, 0.3) is 0 Å². The van der Waals surface area contributed by atoms with Crippen LogP contribution in [0.25, 0.3) is 0 Å². The molecule has 104 valence electrons. The van der Waals surface area contributed by atoms with Crippen LogP contribution in [0.1, 0.15) is 34.1 Å². The molecule has 1 heterocycles. The summed E-state index contributed by atoms with van der Waals surface area (Å²) in [6, 6.07) is 2.57. The Bertz CT molecular complexity index is 294. The second kappa shape index (κ2) is 6.79. The average Bonchev–Trinajstić information content (AvgIpc) is 2.36. The molecule has 1 atom stereocenters. The quantitative estimate of drug-likeness (QED) is 0.803. The van der Waals surface area contributed by atoms with E-state index in [4.69, 9.17) is 0 Å². The van der Waals surface area contributed by atoms with E-state index in [-0.39, 0.29) is 11.0 Å². The molecule has 0 aromatic carbocycles. The van der Waals surface area contributed by atoms with Crippen molar-refractivity contribution in [3.05, 3.63) is 0 Å². The summed E-state index contributed by atoms with van der Waals surface area (Å²) in [5, 5.41) is 13.2. The lowest BCUT2D eigenvalue weighted by Gasteiger charge is -2.46. The van der Waals surface area contributed by atoms with Crippen LogP contribution in [0.3, 0.4) is 0 Å². The average molecular weight is 269 g/mol. The van der Waals surface area contributed by atoms with Gasteiger partial charge in [-0.3, -0.25) is 5.32 Å². The number of hydrogen-bond acceptors (Lipinski definition) is 4. The zero-order valence-corrected chi connectivity index (χ0v) is 13.1. The molecule has 1 rings (SSSR count). The van der Waals surface area contributed by atoms with Crippen molar-refractivity contribution in [1.29, 1.82) is 5.26 Å². The Balaban J connectivity index is 2.58. The second-order valence-electron chi connectivity index (χ2n) is 5.66. The molecule has 0 spiro atoms. The molecule has 0 saturated carbocycles. The van der Waals surface area contributed by atoms with E-state index < -0.39 is 0 Å². The first-order chi connectivity index (χ1) is 8.51. The zero-order valence-electron chi connectivity index (χ0n) is 12.3. The maximum Gasteiger partial charge on any atom is 0.121 e. The first kappa shape index (κ1) is 15.8. The maximum absolute atomic E-state index is 9.62. The summed E-state index contributed by atoms with van der Waals surface area (Å²) in [7, 11) is 0. The molecule has 0 aromatic rings. The lowest BCUT2D eigenvalue weighted by atomic mass is 9.71. The molecule has 1 aliphatic rings. The van der Waals surface area contributed by atoms with Crippen molar-refractivity contribution in [2.24, 2.45) is 5.41 Å². The first-order valence-electron chi connectivity index (χ1n) is 6.97. The Hall–Kier alpha value is -0.240. The van der Waals surface area contributed by atoms with Crippen LogP contribution in [0.4, 0.5) is 0 Å². The van der Waals surface area contributed by atoms with E-state index >= 15 is 0 Å². The molecule has 0 radical (unpaired) electrons. The van der Waals surface area contributed by atoms with E-state index in [2.05, 4.69) is 44.0 Å². The molecule has 0 bridgehead atoms. The molecular weight excluding hydrogens is 242 g/mol. The first-order valence-corrected chi connectivity index (χ1v) is 8.13. The number of nitriles is 1. The van der Waals surface area contributed by atoms with Gasteiger partial charge >= 0.3 is 0 Å². The Morgan fingerprint density at radius 1 is 1.33 bits per heavy atom. The van der Waals surface area contributed by atoms with Crippen LogP contribution >= 0.6 is 11.8 Å². The highest BCUT2D eigenvalue weighted by molar-refractivity contribution is 7.99. The van der Waals surface area contributed by atoms with Gasteiger partial charge in [0, 0.05) is 18.8 Å². The minimum atomic E-state index is -0.358. The van der Waals surface area contributed by atoms with Crippen molar-refractivity contribution in [2.45, 2.75) is 39.7 Å². The van der Waals surface area contributed by atoms with Gasteiger partial charge in [-0.1, -0.05) is 27.7 Å². The summed E-state index contributed by atoms with van der Waals surface area (Å²) in [6.07, 6.45) is 1.11. The lowest BCUT2D eigenvalue weighted by molar-refractivity contribution is 0.175. The van der Waals surface area contributed by atoms with Gasteiger partial charge < -0.3 is 4.90 Å². The van der Waals surface area contributed by atoms with Crippen molar-refractivity contribution in [1.82, 2.24) is 10.2 Å². The predicted octanol–water partition coefficient (Wildman–Crippen LogP) is 2.34. The Morgan fingerprint density at radius 2 is 2.00 bits per heavy atom. The van der Waals surface area contributed by atoms with Crippen molar-refractivity contribution in [2.75, 3.05) is 37.7 Å². The van der Waals surface area contributed by atoms with E-state index in [1.807, 2.05) is 11.8 Å². The van der Waals surface area contributed by atoms with E-state index in [1.165, 1.54) is 5.75 Å². The molecule has 1 saturated heterocycles. The third kappa shape index (κ3) is 3.40. The summed E-state index contributed by atoms with van der Waals surface area (Å²) < 4.78 is 0. The van der Waals surface area contributed by atoms with Gasteiger partial charge in [0.1, 0.15) is 5.54 Å². The highest BCUT2D eigenvalue weighted by Gasteiger charge is 2.47. The van der Waals surface area contributed by atoms with Gasteiger partial charge in [0.2, 0.25) is 0 Å². The van der Waals surface area contributed by atoms with Gasteiger partial charge in [-0.2, -0.15) is 17.0 Å². The molecule has 1 N–H and O–H groups in total. The topological polar surface area (TPSA) is 39.1 Å². The number of hydrogen-bond donors (Lipinski definition) is 1. The van der Waals surface area contributed by atoms with E-state index in [9.17, 15) is 5.26 Å². The Morgan fingerprint density at radius 3 is 2.50 bits per heavy atom. The molecule has 3 nitrogen and oxygen atoms in total. The molecule has 4 heteroatoms. The fraction of sp³-hybridized carbons (Fsp3) is 0.929. The van der Waals surface area contributed by atoms with Gasteiger partial charge in [-0.15, -0.1) is 0 Å². The fourth-order valence-electron chi connectivity index (χ4n) is 2.44. The second-order valence-corrected chi connectivity index (χ2v) is 6.76. The van der Waals surface area contributed by atoms with Crippen molar-refractivity contribution >= 4 is 11.8 Å². The molecular formula is C14H27N3S. The summed E-state index contributed by atoms with van der Waals surface area (Å²) in [6.45, 7) is 12.9. The third-order valence-corrected chi connectivity index (χ3v) is 5.42. The van der Waals surface area contributed by atoms with Crippen LogP contribution in [-0.4, -0.2) is 48.1 Å². The summed E-state index contributed by atoms with van der Waals surface area (Å²) in [5.41, 5.74) is -0.292. The normalized spacial score (nSPS) is 27.1. The highest BCUT2D eigenvalue weighted by Crippen LogP contribution is 2.41. The van der Waals surface area contributed by atoms with Crippen molar-refractivity contribution < 1.29 is 0 Å². The molecule has 0 amide bonds. The third-order valence-electron chi connectivity index (χ3n) is 4.29. The predicted molar refractivity (Wildman–Crippen MR) is 79.9 cm³/mol.